The van der Waals surface area contributed by atoms with Crippen LogP contribution >= 0.6 is 15.9 Å². The van der Waals surface area contributed by atoms with Crippen molar-refractivity contribution >= 4 is 27.3 Å². The largest absolute Gasteiger partial charge is 0.397 e. The summed E-state index contributed by atoms with van der Waals surface area (Å²) in [7, 11) is 0. The molecule has 0 atom stereocenters. The van der Waals surface area contributed by atoms with Gasteiger partial charge in [0.2, 0.25) is 0 Å². The van der Waals surface area contributed by atoms with Crippen LogP contribution in [0.4, 0.5) is 11.4 Å². The molecule has 0 unspecified atom stereocenters. The molecule has 0 aliphatic rings. The number of hydrogen-bond acceptors (Lipinski definition) is 4. The monoisotopic (exact) mass is 392 g/mol. The first kappa shape index (κ1) is 18.8. The highest BCUT2D eigenvalue weighted by Gasteiger charge is 2.04. The van der Waals surface area contributed by atoms with Crippen molar-refractivity contribution in [3.05, 3.63) is 58.1 Å². The van der Waals surface area contributed by atoms with E-state index in [0.29, 0.717) is 26.4 Å². The van der Waals surface area contributed by atoms with Gasteiger partial charge in [0, 0.05) is 24.2 Å². The Bertz CT molecular complexity index is 620. The molecule has 0 saturated carbocycles. The molecule has 0 aromatic heterocycles. The summed E-state index contributed by atoms with van der Waals surface area (Å²) < 4.78 is 12.3. The Hall–Kier alpha value is -1.56. The number of nitrogens with two attached hydrogens (primary N) is 1. The van der Waals surface area contributed by atoms with E-state index in [9.17, 15) is 0 Å². The van der Waals surface area contributed by atoms with Gasteiger partial charge >= 0.3 is 0 Å². The average molecular weight is 393 g/mol. The van der Waals surface area contributed by atoms with Crippen LogP contribution < -0.4 is 11.1 Å². The van der Waals surface area contributed by atoms with E-state index in [1.807, 2.05) is 37.3 Å². The van der Waals surface area contributed by atoms with Gasteiger partial charge in [-0.15, -0.1) is 0 Å². The van der Waals surface area contributed by atoms with Gasteiger partial charge in [0.05, 0.1) is 24.6 Å². The van der Waals surface area contributed by atoms with Crippen molar-refractivity contribution in [1.29, 1.82) is 0 Å². The molecule has 2 aromatic rings. The van der Waals surface area contributed by atoms with E-state index >= 15 is 0 Å². The zero-order valence-corrected chi connectivity index (χ0v) is 15.6. The molecule has 0 aliphatic heterocycles. The van der Waals surface area contributed by atoms with Crippen molar-refractivity contribution in [3.63, 3.8) is 0 Å². The molecule has 0 amide bonds. The first-order chi connectivity index (χ1) is 11.7. The summed E-state index contributed by atoms with van der Waals surface area (Å²) in [6.07, 6.45) is 0.895. The molecule has 24 heavy (non-hydrogen) atoms. The van der Waals surface area contributed by atoms with Crippen LogP contribution in [0.2, 0.25) is 0 Å². The number of nitrogens with one attached hydrogen (secondary N) is 1. The molecule has 0 heterocycles. The molecule has 4 nitrogen and oxygen atoms in total. The number of halogens is 1. The normalized spacial score (nSPS) is 10.8. The Morgan fingerprint density at radius 3 is 2.54 bits per heavy atom. The average Bonchev–Trinajstić information content (AvgIpc) is 2.61. The summed E-state index contributed by atoms with van der Waals surface area (Å²) >= 11 is 3.47. The van der Waals surface area contributed by atoms with Crippen LogP contribution in [-0.2, 0) is 16.1 Å². The Balaban J connectivity index is 1.51. The molecule has 0 radical (unpaired) electrons. The van der Waals surface area contributed by atoms with Gasteiger partial charge in [-0.1, -0.05) is 46.3 Å². The molecule has 130 valence electrons. The van der Waals surface area contributed by atoms with E-state index in [-0.39, 0.29) is 0 Å². The predicted molar refractivity (Wildman–Crippen MR) is 103 cm³/mol. The fourth-order valence-corrected chi connectivity index (χ4v) is 2.59. The van der Waals surface area contributed by atoms with Crippen LogP contribution in [0.5, 0.6) is 0 Å². The van der Waals surface area contributed by atoms with Gasteiger partial charge in [0.15, 0.2) is 0 Å². The van der Waals surface area contributed by atoms with Gasteiger partial charge in [-0.3, -0.25) is 0 Å². The number of ether oxygens (including phenoxy) is 2. The van der Waals surface area contributed by atoms with Crippen molar-refractivity contribution in [2.24, 2.45) is 0 Å². The smallest absolute Gasteiger partial charge is 0.0716 e. The van der Waals surface area contributed by atoms with Gasteiger partial charge in [-0.05, 0) is 36.6 Å². The maximum atomic E-state index is 6.08. The van der Waals surface area contributed by atoms with Crippen molar-refractivity contribution in [1.82, 2.24) is 0 Å². The second-order valence-corrected chi connectivity index (χ2v) is 6.42. The molecule has 0 aliphatic carbocycles. The second kappa shape index (κ2) is 10.3. The minimum atomic E-state index is 0.646. The molecule has 0 fully saturated rings. The van der Waals surface area contributed by atoms with Gasteiger partial charge in [-0.2, -0.15) is 0 Å². The highest BCUT2D eigenvalue weighted by molar-refractivity contribution is 9.10. The van der Waals surface area contributed by atoms with Crippen LogP contribution in [-0.4, -0.2) is 26.4 Å². The molecule has 2 aromatic carbocycles. The first-order valence-corrected chi connectivity index (χ1v) is 8.95. The summed E-state index contributed by atoms with van der Waals surface area (Å²) in [6, 6.07) is 14.2. The van der Waals surface area contributed by atoms with Gasteiger partial charge in [-0.25, -0.2) is 0 Å². The molecule has 5 heteroatoms. The Labute approximate surface area is 152 Å². The zero-order valence-electron chi connectivity index (χ0n) is 14.1. The Kier molecular flexibility index (Phi) is 8.08. The number of hydrogen-bond donors (Lipinski definition) is 2. The molecular weight excluding hydrogens is 368 g/mol. The predicted octanol–water partition coefficient (Wildman–Crippen LogP) is 4.38. The number of rotatable bonds is 10. The Morgan fingerprint density at radius 2 is 1.75 bits per heavy atom. The van der Waals surface area contributed by atoms with E-state index in [2.05, 4.69) is 33.4 Å². The third-order valence-corrected chi connectivity index (χ3v) is 4.56. The maximum absolute atomic E-state index is 6.08. The third-order valence-electron chi connectivity index (χ3n) is 3.70. The standard InChI is InChI=1S/C19H25BrN2O2/c1-15-17(20)8-9-18(19(15)21)22-10-13-23-11-5-12-24-14-16-6-3-2-4-7-16/h2-4,6-9,22H,5,10-14,21H2,1H3. The minimum absolute atomic E-state index is 0.646. The SMILES string of the molecule is Cc1c(Br)ccc(NCCOCCCOCc2ccccc2)c1N. The lowest BCUT2D eigenvalue weighted by Gasteiger charge is -2.12. The first-order valence-electron chi connectivity index (χ1n) is 8.16. The molecule has 3 N–H and O–H groups in total. The lowest BCUT2D eigenvalue weighted by Crippen LogP contribution is -2.12. The van der Waals surface area contributed by atoms with Crippen LogP contribution in [0, 0.1) is 6.92 Å². The molecule has 0 spiro atoms. The summed E-state index contributed by atoms with van der Waals surface area (Å²) in [5.74, 6) is 0. The van der Waals surface area contributed by atoms with E-state index < -0.39 is 0 Å². The third kappa shape index (κ3) is 6.15. The van der Waals surface area contributed by atoms with Crippen LogP contribution in [0.3, 0.4) is 0 Å². The highest BCUT2D eigenvalue weighted by atomic mass is 79.9. The topological polar surface area (TPSA) is 56.5 Å². The van der Waals surface area contributed by atoms with Crippen molar-refractivity contribution in [2.45, 2.75) is 20.0 Å². The number of nitrogen functional groups attached to an aromatic ring is 1. The van der Waals surface area contributed by atoms with Crippen LogP contribution in [0.1, 0.15) is 17.5 Å². The fourth-order valence-electron chi connectivity index (χ4n) is 2.24. The molecular formula is C19H25BrN2O2. The fraction of sp³-hybridized carbons (Fsp3) is 0.368. The van der Waals surface area contributed by atoms with Gasteiger partial charge < -0.3 is 20.5 Å². The van der Waals surface area contributed by atoms with E-state index in [0.717, 1.165) is 34.4 Å². The van der Waals surface area contributed by atoms with Crippen LogP contribution in [0.15, 0.2) is 46.9 Å². The highest BCUT2D eigenvalue weighted by Crippen LogP contribution is 2.28. The summed E-state index contributed by atoms with van der Waals surface area (Å²) in [5.41, 5.74) is 10.1. The van der Waals surface area contributed by atoms with E-state index in [1.165, 1.54) is 5.56 Å². The second-order valence-electron chi connectivity index (χ2n) is 5.56. The lowest BCUT2D eigenvalue weighted by atomic mass is 10.2. The van der Waals surface area contributed by atoms with Crippen LogP contribution in [0.25, 0.3) is 0 Å². The van der Waals surface area contributed by atoms with Crippen molar-refractivity contribution in [2.75, 3.05) is 37.4 Å². The lowest BCUT2D eigenvalue weighted by molar-refractivity contribution is 0.0791. The summed E-state index contributed by atoms with van der Waals surface area (Å²) in [6.45, 7) is 5.44. The number of anilines is 2. The van der Waals surface area contributed by atoms with E-state index in [1.54, 1.807) is 0 Å². The van der Waals surface area contributed by atoms with Crippen molar-refractivity contribution in [3.8, 4) is 0 Å². The van der Waals surface area contributed by atoms with E-state index in [4.69, 9.17) is 15.2 Å². The quantitative estimate of drug-likeness (QED) is 0.465. The minimum Gasteiger partial charge on any atom is -0.397 e. The van der Waals surface area contributed by atoms with Gasteiger partial charge in [0.25, 0.3) is 0 Å². The van der Waals surface area contributed by atoms with Gasteiger partial charge in [0.1, 0.15) is 0 Å². The molecule has 2 rings (SSSR count). The molecule has 0 saturated heterocycles. The Morgan fingerprint density at radius 1 is 1.00 bits per heavy atom. The zero-order chi connectivity index (χ0) is 17.2. The van der Waals surface area contributed by atoms with Crippen molar-refractivity contribution < 1.29 is 9.47 Å². The summed E-state index contributed by atoms with van der Waals surface area (Å²) in [5, 5.41) is 3.30. The maximum Gasteiger partial charge on any atom is 0.0716 e. The number of benzene rings is 2. The molecule has 0 bridgehead atoms. The summed E-state index contributed by atoms with van der Waals surface area (Å²) in [4.78, 5) is 0.